The highest BCUT2D eigenvalue weighted by molar-refractivity contribution is 7.15. The molecule has 3 aromatic heterocycles. The fraction of sp³-hybridized carbons (Fsp3) is 0.632. The molecule has 1 N–H and O–H groups in total. The largest absolute Gasteiger partial charge is 0.356 e. The molecule has 0 saturated carbocycles. The lowest BCUT2D eigenvalue weighted by molar-refractivity contribution is -0.121. The maximum atomic E-state index is 12.1. The van der Waals surface area contributed by atoms with E-state index in [9.17, 15) is 4.79 Å². The molecule has 1 aliphatic rings. The van der Waals surface area contributed by atoms with Crippen LogP contribution in [-0.4, -0.2) is 60.0 Å². The SMILES string of the molecule is CC1CCN(Cc2nnnn2CCCC(=O)NCCc2cn3ccsc3n2)CC1. The minimum absolute atomic E-state index is 0.0608. The van der Waals surface area contributed by atoms with Gasteiger partial charge >= 0.3 is 0 Å². The van der Waals surface area contributed by atoms with Crippen LogP contribution in [0.5, 0.6) is 0 Å². The Morgan fingerprint density at radius 1 is 1.34 bits per heavy atom. The van der Waals surface area contributed by atoms with Gasteiger partial charge in [-0.3, -0.25) is 14.1 Å². The van der Waals surface area contributed by atoms with Gasteiger partial charge in [0.25, 0.3) is 0 Å². The molecule has 1 fully saturated rings. The number of amides is 1. The Labute approximate surface area is 174 Å². The van der Waals surface area contributed by atoms with Gasteiger partial charge in [-0.2, -0.15) is 0 Å². The fourth-order valence-corrected chi connectivity index (χ4v) is 4.35. The molecule has 0 radical (unpaired) electrons. The van der Waals surface area contributed by atoms with Gasteiger partial charge in [-0.25, -0.2) is 9.67 Å². The Kier molecular flexibility index (Phi) is 6.50. The number of imidazole rings is 1. The molecule has 156 valence electrons. The van der Waals surface area contributed by atoms with Gasteiger partial charge in [0.15, 0.2) is 10.8 Å². The van der Waals surface area contributed by atoms with Crippen LogP contribution in [0.15, 0.2) is 17.8 Å². The molecule has 0 aliphatic carbocycles. The maximum absolute atomic E-state index is 12.1. The molecule has 0 bridgehead atoms. The third-order valence-corrected chi connectivity index (χ3v) is 6.24. The lowest BCUT2D eigenvalue weighted by atomic mass is 9.99. The summed E-state index contributed by atoms with van der Waals surface area (Å²) in [5.41, 5.74) is 1.00. The number of likely N-dealkylation sites (tertiary alicyclic amines) is 1. The van der Waals surface area contributed by atoms with E-state index in [0.29, 0.717) is 19.5 Å². The number of carbonyl (C=O) groups excluding carboxylic acids is 1. The summed E-state index contributed by atoms with van der Waals surface area (Å²) in [4.78, 5) is 20.0. The quantitative estimate of drug-likeness (QED) is 0.571. The second-order valence-corrected chi connectivity index (χ2v) is 8.68. The van der Waals surface area contributed by atoms with Crippen LogP contribution in [0.25, 0.3) is 4.96 Å². The molecular formula is C19H28N8OS. The van der Waals surface area contributed by atoms with E-state index in [2.05, 4.69) is 37.6 Å². The summed E-state index contributed by atoms with van der Waals surface area (Å²) in [6.45, 7) is 6.57. The number of nitrogens with zero attached hydrogens (tertiary/aromatic N) is 7. The Balaban J connectivity index is 1.15. The number of aromatic nitrogens is 6. The summed E-state index contributed by atoms with van der Waals surface area (Å²) >= 11 is 1.61. The predicted octanol–water partition coefficient (Wildman–Crippen LogP) is 1.75. The van der Waals surface area contributed by atoms with Gasteiger partial charge in [0.2, 0.25) is 5.91 Å². The van der Waals surface area contributed by atoms with Gasteiger partial charge in [0.1, 0.15) is 0 Å². The van der Waals surface area contributed by atoms with Crippen LogP contribution in [0.1, 0.15) is 44.1 Å². The van der Waals surface area contributed by atoms with E-state index in [1.54, 1.807) is 11.3 Å². The number of nitrogens with one attached hydrogen (secondary N) is 1. The Morgan fingerprint density at radius 2 is 2.21 bits per heavy atom. The van der Waals surface area contributed by atoms with Gasteiger partial charge < -0.3 is 5.32 Å². The Morgan fingerprint density at radius 3 is 3.03 bits per heavy atom. The smallest absolute Gasteiger partial charge is 0.220 e. The topological polar surface area (TPSA) is 93.2 Å². The van der Waals surface area contributed by atoms with Crippen LogP contribution in [0.4, 0.5) is 0 Å². The predicted molar refractivity (Wildman–Crippen MR) is 111 cm³/mol. The first kappa shape index (κ1) is 20.0. The summed E-state index contributed by atoms with van der Waals surface area (Å²) in [5, 5.41) is 17.1. The minimum atomic E-state index is 0.0608. The summed E-state index contributed by atoms with van der Waals surface area (Å²) in [5.74, 6) is 1.76. The third-order valence-electron chi connectivity index (χ3n) is 5.47. The highest BCUT2D eigenvalue weighted by Gasteiger charge is 2.18. The first-order valence-corrected chi connectivity index (χ1v) is 11.2. The number of piperidine rings is 1. The van der Waals surface area contributed by atoms with E-state index < -0.39 is 0 Å². The summed E-state index contributed by atoms with van der Waals surface area (Å²) in [7, 11) is 0. The summed E-state index contributed by atoms with van der Waals surface area (Å²) in [6, 6.07) is 0. The molecule has 0 aromatic carbocycles. The van der Waals surface area contributed by atoms with E-state index in [0.717, 1.165) is 54.9 Å². The average Bonchev–Trinajstić information content (AvgIpc) is 3.41. The number of tetrazole rings is 1. The molecule has 29 heavy (non-hydrogen) atoms. The third kappa shape index (κ3) is 5.39. The molecule has 1 aliphatic heterocycles. The average molecular weight is 417 g/mol. The van der Waals surface area contributed by atoms with Gasteiger partial charge in [0.05, 0.1) is 12.2 Å². The van der Waals surface area contributed by atoms with Crippen molar-refractivity contribution in [2.75, 3.05) is 19.6 Å². The standard InChI is InChI=1S/C19H28N8OS/c1-15-5-9-25(10-6-15)14-17-22-23-24-27(17)8-2-3-18(28)20-7-4-16-13-26-11-12-29-19(26)21-16/h11-13,15H,2-10,14H2,1H3,(H,20,28). The summed E-state index contributed by atoms with van der Waals surface area (Å²) < 4.78 is 3.85. The first-order valence-electron chi connectivity index (χ1n) is 10.3. The van der Waals surface area contributed by atoms with E-state index in [1.807, 2.05) is 26.9 Å². The molecule has 4 heterocycles. The van der Waals surface area contributed by atoms with Crippen LogP contribution in [-0.2, 0) is 24.3 Å². The van der Waals surface area contributed by atoms with Crippen molar-refractivity contribution in [2.24, 2.45) is 5.92 Å². The Bertz CT molecular complexity index is 895. The molecule has 0 spiro atoms. The zero-order valence-electron chi connectivity index (χ0n) is 16.8. The van der Waals surface area contributed by atoms with Crippen LogP contribution < -0.4 is 5.32 Å². The van der Waals surface area contributed by atoms with E-state index >= 15 is 0 Å². The van der Waals surface area contributed by atoms with Gasteiger partial charge in [0, 0.05) is 43.7 Å². The van der Waals surface area contributed by atoms with Crippen molar-refractivity contribution >= 4 is 22.2 Å². The monoisotopic (exact) mass is 416 g/mol. The molecule has 1 amide bonds. The van der Waals surface area contributed by atoms with Crippen LogP contribution in [0.3, 0.4) is 0 Å². The highest BCUT2D eigenvalue weighted by Crippen LogP contribution is 2.17. The zero-order chi connectivity index (χ0) is 20.1. The van der Waals surface area contributed by atoms with Crippen LogP contribution >= 0.6 is 11.3 Å². The molecule has 3 aromatic rings. The highest BCUT2D eigenvalue weighted by atomic mass is 32.1. The lowest BCUT2D eigenvalue weighted by Crippen LogP contribution is -2.33. The van der Waals surface area contributed by atoms with Crippen molar-refractivity contribution in [3.63, 3.8) is 0 Å². The number of aryl methyl sites for hydroxylation is 1. The molecule has 0 atom stereocenters. The van der Waals surface area contributed by atoms with Crippen molar-refractivity contribution in [1.29, 1.82) is 0 Å². The van der Waals surface area contributed by atoms with Crippen LogP contribution in [0, 0.1) is 5.92 Å². The molecule has 0 unspecified atom stereocenters. The second kappa shape index (κ2) is 9.45. The number of hydrogen-bond acceptors (Lipinski definition) is 7. The van der Waals surface area contributed by atoms with Gasteiger partial charge in [-0.1, -0.05) is 6.92 Å². The number of carbonyl (C=O) groups is 1. The molecule has 4 rings (SSSR count). The normalized spacial score (nSPS) is 15.9. The second-order valence-electron chi connectivity index (χ2n) is 7.81. The van der Waals surface area contributed by atoms with Crippen LogP contribution in [0.2, 0.25) is 0 Å². The molecular weight excluding hydrogens is 388 g/mol. The molecule has 9 nitrogen and oxygen atoms in total. The molecule has 1 saturated heterocycles. The first-order chi connectivity index (χ1) is 14.2. The number of hydrogen-bond donors (Lipinski definition) is 1. The lowest BCUT2D eigenvalue weighted by Gasteiger charge is -2.29. The van der Waals surface area contributed by atoms with Crippen molar-refractivity contribution in [2.45, 2.75) is 52.1 Å². The maximum Gasteiger partial charge on any atom is 0.220 e. The van der Waals surface area contributed by atoms with Crippen molar-refractivity contribution in [3.05, 3.63) is 29.3 Å². The fourth-order valence-electron chi connectivity index (χ4n) is 3.63. The minimum Gasteiger partial charge on any atom is -0.356 e. The number of fused-ring (bicyclic) bond motifs is 1. The number of rotatable bonds is 9. The van der Waals surface area contributed by atoms with E-state index in [4.69, 9.17) is 0 Å². The van der Waals surface area contributed by atoms with Gasteiger partial charge in [-0.15, -0.1) is 16.4 Å². The van der Waals surface area contributed by atoms with Crippen molar-refractivity contribution in [1.82, 2.24) is 39.8 Å². The number of thiazole rings is 1. The van der Waals surface area contributed by atoms with Gasteiger partial charge in [-0.05, 0) is 48.7 Å². The van der Waals surface area contributed by atoms with E-state index in [1.165, 1.54) is 12.8 Å². The zero-order valence-corrected chi connectivity index (χ0v) is 17.6. The van der Waals surface area contributed by atoms with Crippen molar-refractivity contribution in [3.8, 4) is 0 Å². The molecule has 10 heteroatoms. The van der Waals surface area contributed by atoms with E-state index in [-0.39, 0.29) is 5.91 Å². The summed E-state index contributed by atoms with van der Waals surface area (Å²) in [6.07, 6.45) is 8.41. The van der Waals surface area contributed by atoms with Crippen molar-refractivity contribution < 1.29 is 4.79 Å². The Hall–Kier alpha value is -2.33.